The van der Waals surface area contributed by atoms with Crippen molar-refractivity contribution >= 4 is 87.5 Å². The van der Waals surface area contributed by atoms with Gasteiger partial charge >= 0.3 is 0 Å². The van der Waals surface area contributed by atoms with Crippen LogP contribution < -0.4 is 9.80 Å². The van der Waals surface area contributed by atoms with Crippen LogP contribution in [0.4, 0.5) is 20.2 Å². The Balaban J connectivity index is 0.00000208. The first kappa shape index (κ1) is 20.4. The molecule has 24 heavy (non-hydrogen) atoms. The molecule has 2 aromatic carbocycles. The van der Waals surface area contributed by atoms with Crippen LogP contribution in [-0.2, 0) is 0 Å². The lowest BCUT2D eigenvalue weighted by Crippen LogP contribution is -2.26. The topological polar surface area (TPSA) is 6.48 Å². The highest BCUT2D eigenvalue weighted by molar-refractivity contribution is 9.11. The number of rotatable bonds is 2. The predicted molar refractivity (Wildman–Crippen MR) is 110 cm³/mol. The molecule has 0 aliphatic carbocycles. The van der Waals surface area contributed by atoms with Crippen LogP contribution in [0.5, 0.6) is 0 Å². The molecule has 130 valence electrons. The second-order valence-electron chi connectivity index (χ2n) is 5.10. The van der Waals surface area contributed by atoms with Crippen LogP contribution in [0.25, 0.3) is 0 Å². The van der Waals surface area contributed by atoms with Crippen LogP contribution in [0.15, 0.2) is 42.2 Å². The monoisotopic (exact) mass is 608 g/mol. The van der Waals surface area contributed by atoms with Gasteiger partial charge < -0.3 is 9.80 Å². The minimum Gasteiger partial charge on any atom is -0.350 e. The Bertz CT molecular complexity index is 666. The SMILES string of the molecule is Cl.Fc1cc(Br)c(N2CCN(c3c(Br)cc(F)cc3Br)C2)c(Br)c1. The largest absolute Gasteiger partial charge is 0.350 e. The normalized spacial score (nSPS) is 14.1. The zero-order valence-electron chi connectivity index (χ0n) is 12.0. The molecule has 0 spiro atoms. The van der Waals surface area contributed by atoms with Crippen molar-refractivity contribution < 1.29 is 8.78 Å². The van der Waals surface area contributed by atoms with Gasteiger partial charge in [-0.3, -0.25) is 0 Å². The zero-order valence-corrected chi connectivity index (χ0v) is 19.2. The average Bonchev–Trinajstić information content (AvgIpc) is 2.85. The fourth-order valence-electron chi connectivity index (χ4n) is 2.63. The van der Waals surface area contributed by atoms with Crippen molar-refractivity contribution in [2.45, 2.75) is 0 Å². The van der Waals surface area contributed by atoms with Crippen molar-refractivity contribution in [3.63, 3.8) is 0 Å². The molecular weight excluding hydrogens is 601 g/mol. The van der Waals surface area contributed by atoms with Crippen molar-refractivity contribution in [2.24, 2.45) is 0 Å². The number of anilines is 2. The second-order valence-corrected chi connectivity index (χ2v) is 8.52. The molecule has 0 bridgehead atoms. The molecule has 0 unspecified atom stereocenters. The maximum atomic E-state index is 13.4. The standard InChI is InChI=1S/C15H10Br4F2N2.ClH/c16-10-3-8(20)4-11(17)14(10)22-1-2-23(7-22)15-12(18)5-9(21)6-13(15)19;/h3-6H,1-2,7H2;1H. The summed E-state index contributed by atoms with van der Waals surface area (Å²) in [7, 11) is 0. The van der Waals surface area contributed by atoms with Crippen LogP contribution in [0.1, 0.15) is 0 Å². The lowest BCUT2D eigenvalue weighted by atomic mass is 10.3. The lowest BCUT2D eigenvalue weighted by molar-refractivity contribution is 0.625. The Kier molecular flexibility index (Phi) is 6.98. The first-order valence-electron chi connectivity index (χ1n) is 6.66. The Morgan fingerprint density at radius 1 is 0.667 bits per heavy atom. The third-order valence-electron chi connectivity index (χ3n) is 3.58. The highest BCUT2D eigenvalue weighted by Crippen LogP contribution is 2.40. The van der Waals surface area contributed by atoms with Crippen molar-refractivity contribution in [1.82, 2.24) is 0 Å². The quantitative estimate of drug-likeness (QED) is 0.372. The van der Waals surface area contributed by atoms with Crippen LogP contribution in [0, 0.1) is 11.6 Å². The molecule has 3 rings (SSSR count). The first-order valence-corrected chi connectivity index (χ1v) is 9.83. The maximum absolute atomic E-state index is 13.4. The fourth-order valence-corrected chi connectivity index (χ4v) is 5.89. The number of benzene rings is 2. The Hall–Kier alpha value is 0.110. The van der Waals surface area contributed by atoms with E-state index in [4.69, 9.17) is 0 Å². The van der Waals surface area contributed by atoms with Gasteiger partial charge in [-0.1, -0.05) is 0 Å². The van der Waals surface area contributed by atoms with Crippen LogP contribution in [0.3, 0.4) is 0 Å². The van der Waals surface area contributed by atoms with E-state index in [2.05, 4.69) is 73.5 Å². The van der Waals surface area contributed by atoms with Gasteiger partial charge in [0, 0.05) is 31.0 Å². The fraction of sp³-hybridized carbons (Fsp3) is 0.200. The van der Waals surface area contributed by atoms with E-state index in [0.717, 1.165) is 24.5 Å². The van der Waals surface area contributed by atoms with Crippen molar-refractivity contribution in [1.29, 1.82) is 0 Å². The summed E-state index contributed by atoms with van der Waals surface area (Å²) in [4.78, 5) is 4.27. The minimum absolute atomic E-state index is 0. The summed E-state index contributed by atoms with van der Waals surface area (Å²) in [5.74, 6) is -0.597. The van der Waals surface area contributed by atoms with Gasteiger partial charge in [0.2, 0.25) is 0 Å². The summed E-state index contributed by atoms with van der Waals surface area (Å²) < 4.78 is 29.7. The molecule has 1 aliphatic heterocycles. The predicted octanol–water partition coefficient (Wildman–Crippen LogP) is 6.72. The number of nitrogens with zero attached hydrogens (tertiary/aromatic N) is 2. The molecule has 0 amide bonds. The highest BCUT2D eigenvalue weighted by Gasteiger charge is 2.26. The smallest absolute Gasteiger partial charge is 0.125 e. The van der Waals surface area contributed by atoms with Gasteiger partial charge in [0.1, 0.15) is 11.6 Å². The second kappa shape index (κ2) is 8.20. The molecule has 0 saturated carbocycles. The van der Waals surface area contributed by atoms with E-state index in [1.54, 1.807) is 0 Å². The van der Waals surface area contributed by atoms with E-state index in [0.29, 0.717) is 24.6 Å². The summed E-state index contributed by atoms with van der Waals surface area (Å²) in [5.41, 5.74) is 1.81. The maximum Gasteiger partial charge on any atom is 0.125 e. The summed E-state index contributed by atoms with van der Waals surface area (Å²) in [5, 5.41) is 0. The van der Waals surface area contributed by atoms with Gasteiger partial charge in [-0.2, -0.15) is 0 Å². The molecule has 0 N–H and O–H groups in total. The van der Waals surface area contributed by atoms with Gasteiger partial charge in [-0.05, 0) is 88.0 Å². The average molecular weight is 612 g/mol. The Morgan fingerprint density at radius 2 is 0.958 bits per heavy atom. The summed E-state index contributed by atoms with van der Waals surface area (Å²) in [6.45, 7) is 2.17. The van der Waals surface area contributed by atoms with Crippen LogP contribution >= 0.6 is 76.1 Å². The molecular formula is C15H11Br4ClF2N2. The summed E-state index contributed by atoms with van der Waals surface area (Å²) >= 11 is 13.7. The molecule has 1 saturated heterocycles. The van der Waals surface area contributed by atoms with E-state index in [9.17, 15) is 8.78 Å². The molecule has 9 heteroatoms. The van der Waals surface area contributed by atoms with Crippen molar-refractivity contribution in [3.05, 3.63) is 53.8 Å². The molecule has 0 radical (unpaired) electrons. The molecule has 2 nitrogen and oxygen atoms in total. The van der Waals surface area contributed by atoms with E-state index >= 15 is 0 Å². The number of hydrogen-bond acceptors (Lipinski definition) is 2. The zero-order chi connectivity index (χ0) is 16.7. The van der Waals surface area contributed by atoms with Gasteiger partial charge in [-0.15, -0.1) is 12.4 Å². The first-order chi connectivity index (χ1) is 10.9. The third-order valence-corrected chi connectivity index (χ3v) is 5.99. The lowest BCUT2D eigenvalue weighted by Gasteiger charge is -2.24. The van der Waals surface area contributed by atoms with Gasteiger partial charge in [-0.25, -0.2) is 8.78 Å². The minimum atomic E-state index is -0.299. The van der Waals surface area contributed by atoms with E-state index in [-0.39, 0.29) is 24.0 Å². The number of halogens is 7. The third kappa shape index (κ3) is 4.09. The van der Waals surface area contributed by atoms with Gasteiger partial charge in [0.05, 0.1) is 18.0 Å². The highest BCUT2D eigenvalue weighted by atomic mass is 79.9. The van der Waals surface area contributed by atoms with E-state index in [1.807, 2.05) is 0 Å². The molecule has 1 aliphatic rings. The summed E-state index contributed by atoms with van der Waals surface area (Å²) in [6.07, 6.45) is 0. The summed E-state index contributed by atoms with van der Waals surface area (Å²) in [6, 6.07) is 5.80. The van der Waals surface area contributed by atoms with E-state index < -0.39 is 0 Å². The number of hydrogen-bond donors (Lipinski definition) is 0. The molecule has 2 aromatic rings. The molecule has 0 atom stereocenters. The molecule has 0 aromatic heterocycles. The van der Waals surface area contributed by atoms with Crippen molar-refractivity contribution in [3.8, 4) is 0 Å². The molecule has 1 heterocycles. The van der Waals surface area contributed by atoms with Crippen molar-refractivity contribution in [2.75, 3.05) is 29.6 Å². The van der Waals surface area contributed by atoms with E-state index in [1.165, 1.54) is 24.3 Å². The van der Waals surface area contributed by atoms with Gasteiger partial charge in [0.15, 0.2) is 0 Å². The Morgan fingerprint density at radius 3 is 1.25 bits per heavy atom. The van der Waals surface area contributed by atoms with Crippen LogP contribution in [-0.4, -0.2) is 19.8 Å². The van der Waals surface area contributed by atoms with Crippen LogP contribution in [0.2, 0.25) is 0 Å². The molecule has 1 fully saturated rings. The Labute approximate surface area is 178 Å². The van der Waals surface area contributed by atoms with Gasteiger partial charge in [0.25, 0.3) is 0 Å².